The van der Waals surface area contributed by atoms with Crippen molar-refractivity contribution >= 4 is 23.6 Å². The van der Waals surface area contributed by atoms with E-state index >= 15 is 0 Å². The topological polar surface area (TPSA) is 58.6 Å². The molecule has 23 heavy (non-hydrogen) atoms. The van der Waals surface area contributed by atoms with Gasteiger partial charge in [-0.1, -0.05) is 43.6 Å². The van der Waals surface area contributed by atoms with Crippen molar-refractivity contribution in [3.05, 3.63) is 46.1 Å². The molecule has 0 radical (unpaired) electrons. The number of hydrogen-bond acceptors (Lipinski definition) is 3. The zero-order chi connectivity index (χ0) is 17.1. The highest BCUT2D eigenvalue weighted by molar-refractivity contribution is 6.31. The minimum atomic E-state index is -0.618. The van der Waals surface area contributed by atoms with E-state index in [2.05, 4.69) is 5.32 Å². The van der Waals surface area contributed by atoms with Crippen LogP contribution in [0.15, 0.2) is 35.5 Å². The van der Waals surface area contributed by atoms with E-state index in [9.17, 15) is 9.59 Å². The van der Waals surface area contributed by atoms with Gasteiger partial charge in [-0.3, -0.25) is 0 Å². The summed E-state index contributed by atoms with van der Waals surface area (Å²) in [6.45, 7) is 5.99. The van der Waals surface area contributed by atoms with Crippen molar-refractivity contribution in [1.29, 1.82) is 0 Å². The summed E-state index contributed by atoms with van der Waals surface area (Å²) in [4.78, 5) is 26.1. The number of ether oxygens (including phenoxy) is 1. The first-order valence-corrected chi connectivity index (χ1v) is 7.87. The van der Waals surface area contributed by atoms with Gasteiger partial charge in [0.25, 0.3) is 0 Å². The lowest BCUT2D eigenvalue weighted by atomic mass is 9.95. The van der Waals surface area contributed by atoms with E-state index in [-0.39, 0.29) is 11.9 Å². The number of esters is 1. The van der Waals surface area contributed by atoms with Crippen molar-refractivity contribution in [2.45, 2.75) is 26.8 Å². The summed E-state index contributed by atoms with van der Waals surface area (Å²) in [5.74, 6) is -0.206. The number of amides is 2. The van der Waals surface area contributed by atoms with Crippen molar-refractivity contribution in [3.63, 3.8) is 0 Å². The zero-order valence-electron chi connectivity index (χ0n) is 13.7. The molecular weight excluding hydrogens is 316 g/mol. The first-order valence-electron chi connectivity index (χ1n) is 7.49. The Balaban J connectivity index is 2.44. The number of carbonyl (C=O) groups excluding carboxylic acids is 2. The largest absolute Gasteiger partial charge is 0.462 e. The lowest BCUT2D eigenvalue weighted by Gasteiger charge is -2.33. The molecule has 0 bridgehead atoms. The fourth-order valence-electron chi connectivity index (χ4n) is 2.36. The summed E-state index contributed by atoms with van der Waals surface area (Å²) in [5, 5.41) is 3.31. The maximum Gasteiger partial charge on any atom is 0.338 e. The Labute approximate surface area is 141 Å². The molecule has 1 aliphatic heterocycles. The summed E-state index contributed by atoms with van der Waals surface area (Å²) >= 11 is 6.25. The van der Waals surface area contributed by atoms with Crippen LogP contribution in [-0.4, -0.2) is 30.6 Å². The van der Waals surface area contributed by atoms with Crippen molar-refractivity contribution in [2.24, 2.45) is 5.92 Å². The number of hydrogen-bond donors (Lipinski definition) is 1. The molecule has 1 N–H and O–H groups in total. The minimum Gasteiger partial charge on any atom is -0.462 e. The first-order chi connectivity index (χ1) is 10.8. The quantitative estimate of drug-likeness (QED) is 0.856. The van der Waals surface area contributed by atoms with E-state index < -0.39 is 12.0 Å². The number of rotatable bonds is 4. The molecule has 0 aromatic heterocycles. The first kappa shape index (κ1) is 17.3. The molecule has 0 aliphatic carbocycles. The van der Waals surface area contributed by atoms with E-state index in [1.54, 1.807) is 32.2 Å². The van der Waals surface area contributed by atoms with Crippen LogP contribution in [0.25, 0.3) is 0 Å². The molecule has 0 unspecified atom stereocenters. The number of nitrogens with one attached hydrogen (secondary N) is 1. The molecule has 0 saturated heterocycles. The van der Waals surface area contributed by atoms with Crippen LogP contribution in [0, 0.1) is 5.92 Å². The fraction of sp³-hybridized carbons (Fsp3) is 0.412. The minimum absolute atomic E-state index is 0.231. The number of carbonyl (C=O) groups is 2. The molecule has 124 valence electrons. The Bertz CT molecular complexity index is 655. The number of halogens is 1. The third-order valence-electron chi connectivity index (χ3n) is 3.74. The van der Waals surface area contributed by atoms with Crippen LogP contribution in [-0.2, 0) is 9.53 Å². The summed E-state index contributed by atoms with van der Waals surface area (Å²) in [7, 11) is 1.61. The zero-order valence-corrected chi connectivity index (χ0v) is 14.5. The average molecular weight is 337 g/mol. The van der Waals surface area contributed by atoms with Gasteiger partial charge >= 0.3 is 12.0 Å². The SMILES string of the molecule is CC1=C(C(=O)OCC(C)C)[C@@H](c2ccccc2Cl)NC(=O)N1C. The van der Waals surface area contributed by atoms with E-state index in [0.29, 0.717) is 28.5 Å². The molecule has 5 nitrogen and oxygen atoms in total. The number of urea groups is 1. The normalized spacial score (nSPS) is 18.3. The average Bonchev–Trinajstić information content (AvgIpc) is 2.50. The lowest BCUT2D eigenvalue weighted by Crippen LogP contribution is -2.46. The molecular formula is C17H21ClN2O3. The Morgan fingerprint density at radius 1 is 1.39 bits per heavy atom. The highest BCUT2D eigenvalue weighted by atomic mass is 35.5. The second kappa shape index (κ2) is 7.04. The summed E-state index contributed by atoms with van der Waals surface area (Å²) in [5.41, 5.74) is 1.64. The van der Waals surface area contributed by atoms with Crippen LogP contribution in [0.5, 0.6) is 0 Å². The third-order valence-corrected chi connectivity index (χ3v) is 4.08. The molecule has 6 heteroatoms. The van der Waals surface area contributed by atoms with Crippen LogP contribution in [0.1, 0.15) is 32.4 Å². The van der Waals surface area contributed by atoms with Gasteiger partial charge in [0, 0.05) is 17.8 Å². The summed E-state index contributed by atoms with van der Waals surface area (Å²) in [6, 6.07) is 6.24. The Morgan fingerprint density at radius 2 is 2.04 bits per heavy atom. The van der Waals surface area contributed by atoms with Gasteiger partial charge in [0.05, 0.1) is 18.2 Å². The van der Waals surface area contributed by atoms with E-state index in [4.69, 9.17) is 16.3 Å². The van der Waals surface area contributed by atoms with E-state index in [0.717, 1.165) is 0 Å². The van der Waals surface area contributed by atoms with Gasteiger partial charge < -0.3 is 15.0 Å². The van der Waals surface area contributed by atoms with Gasteiger partial charge in [-0.2, -0.15) is 0 Å². The molecule has 2 amide bonds. The molecule has 0 fully saturated rings. The van der Waals surface area contributed by atoms with Crippen molar-refractivity contribution in [1.82, 2.24) is 10.2 Å². The standard InChI is InChI=1S/C17H21ClN2O3/c1-10(2)9-23-16(21)14-11(3)20(4)17(22)19-15(14)12-7-5-6-8-13(12)18/h5-8,10,15H,9H2,1-4H3,(H,19,22)/t15-/m1/s1. The molecule has 1 aromatic rings. The number of nitrogens with zero attached hydrogens (tertiary/aromatic N) is 1. The van der Waals surface area contributed by atoms with Crippen LogP contribution in [0.2, 0.25) is 5.02 Å². The highest BCUT2D eigenvalue weighted by Crippen LogP contribution is 2.34. The number of benzene rings is 1. The predicted octanol–water partition coefficient (Wildman–Crippen LogP) is 3.51. The van der Waals surface area contributed by atoms with E-state index in [1.807, 2.05) is 19.9 Å². The molecule has 2 rings (SSSR count). The molecule has 1 aliphatic rings. The van der Waals surface area contributed by atoms with Crippen LogP contribution in [0.4, 0.5) is 4.79 Å². The fourth-order valence-corrected chi connectivity index (χ4v) is 2.61. The lowest BCUT2D eigenvalue weighted by molar-refractivity contribution is -0.140. The van der Waals surface area contributed by atoms with Gasteiger partial charge in [0.2, 0.25) is 0 Å². The van der Waals surface area contributed by atoms with Gasteiger partial charge in [-0.15, -0.1) is 0 Å². The van der Waals surface area contributed by atoms with Gasteiger partial charge in [-0.25, -0.2) is 9.59 Å². The molecule has 1 heterocycles. The van der Waals surface area contributed by atoms with E-state index in [1.165, 1.54) is 4.90 Å². The van der Waals surface area contributed by atoms with Gasteiger partial charge in [0.15, 0.2) is 0 Å². The third kappa shape index (κ3) is 3.67. The maximum atomic E-state index is 12.6. The van der Waals surface area contributed by atoms with Gasteiger partial charge in [-0.05, 0) is 24.5 Å². The predicted molar refractivity (Wildman–Crippen MR) is 89.0 cm³/mol. The number of allylic oxidation sites excluding steroid dienone is 1. The van der Waals surface area contributed by atoms with Crippen LogP contribution >= 0.6 is 11.6 Å². The second-order valence-electron chi connectivity index (χ2n) is 5.95. The highest BCUT2D eigenvalue weighted by Gasteiger charge is 2.35. The van der Waals surface area contributed by atoms with Gasteiger partial charge in [0.1, 0.15) is 0 Å². The van der Waals surface area contributed by atoms with Crippen molar-refractivity contribution < 1.29 is 14.3 Å². The molecule has 0 spiro atoms. The molecule has 0 saturated carbocycles. The molecule has 1 aromatic carbocycles. The second-order valence-corrected chi connectivity index (χ2v) is 6.36. The Kier molecular flexibility index (Phi) is 5.31. The Hall–Kier alpha value is -2.01. The summed E-state index contributed by atoms with van der Waals surface area (Å²) < 4.78 is 5.37. The summed E-state index contributed by atoms with van der Waals surface area (Å²) in [6.07, 6.45) is 0. The smallest absolute Gasteiger partial charge is 0.338 e. The Morgan fingerprint density at radius 3 is 2.65 bits per heavy atom. The van der Waals surface area contributed by atoms with Crippen molar-refractivity contribution in [3.8, 4) is 0 Å². The monoisotopic (exact) mass is 336 g/mol. The van der Waals surface area contributed by atoms with Crippen LogP contribution in [0.3, 0.4) is 0 Å². The van der Waals surface area contributed by atoms with Crippen molar-refractivity contribution in [2.75, 3.05) is 13.7 Å². The molecule has 1 atom stereocenters. The van der Waals surface area contributed by atoms with Crippen LogP contribution < -0.4 is 5.32 Å². The maximum absolute atomic E-state index is 12.6.